The fourth-order valence-corrected chi connectivity index (χ4v) is 5.67. The molecule has 2 heterocycles. The summed E-state index contributed by atoms with van der Waals surface area (Å²) in [6.07, 6.45) is 0. The normalized spacial score (nSPS) is 13.5. The third-order valence-corrected chi connectivity index (χ3v) is 8.22. The van der Waals surface area contributed by atoms with Crippen molar-refractivity contribution in [2.45, 2.75) is 19.0 Å². The van der Waals surface area contributed by atoms with Gasteiger partial charge in [0.1, 0.15) is 5.75 Å². The number of rotatable bonds is 8. The topological polar surface area (TPSA) is 63.5 Å². The molecule has 0 aliphatic carbocycles. The Labute approximate surface area is 242 Å². The van der Waals surface area contributed by atoms with Crippen LogP contribution in [0.25, 0.3) is 17.1 Å². The molecule has 4 aromatic rings. The molecule has 7 nitrogen and oxygen atoms in total. The van der Waals surface area contributed by atoms with Crippen LogP contribution in [-0.2, 0) is 4.79 Å². The van der Waals surface area contributed by atoms with Gasteiger partial charge in [0.15, 0.2) is 11.0 Å². The van der Waals surface area contributed by atoms with E-state index in [4.69, 9.17) is 27.9 Å². The molecule has 0 saturated carbocycles. The first kappa shape index (κ1) is 27.4. The molecule has 3 aromatic carbocycles. The summed E-state index contributed by atoms with van der Waals surface area (Å²) in [5.41, 5.74) is 3.92. The predicted octanol–water partition coefficient (Wildman–Crippen LogP) is 6.39. The fraction of sp³-hybridized carbons (Fsp3) is 0.276. The lowest BCUT2D eigenvalue weighted by Crippen LogP contribution is -2.49. The molecule has 1 aromatic heterocycles. The van der Waals surface area contributed by atoms with Crippen LogP contribution >= 0.6 is 35.0 Å². The van der Waals surface area contributed by atoms with Gasteiger partial charge in [-0.1, -0.05) is 76.9 Å². The van der Waals surface area contributed by atoms with Gasteiger partial charge in [0.2, 0.25) is 5.91 Å². The molecule has 39 heavy (non-hydrogen) atoms. The minimum Gasteiger partial charge on any atom is -0.492 e. The van der Waals surface area contributed by atoms with Crippen LogP contribution in [0.15, 0.2) is 71.9 Å². The number of benzene rings is 3. The maximum atomic E-state index is 13.2. The van der Waals surface area contributed by atoms with Gasteiger partial charge >= 0.3 is 0 Å². The van der Waals surface area contributed by atoms with Gasteiger partial charge in [-0.25, -0.2) is 0 Å². The second-order valence-electron chi connectivity index (χ2n) is 9.16. The first-order valence-corrected chi connectivity index (χ1v) is 14.5. The number of carbonyl (C=O) groups excluding carboxylic acids is 1. The van der Waals surface area contributed by atoms with Crippen LogP contribution in [0.2, 0.25) is 10.0 Å². The molecule has 1 fully saturated rings. The second kappa shape index (κ2) is 12.3. The van der Waals surface area contributed by atoms with Gasteiger partial charge in [0.05, 0.1) is 33.8 Å². The first-order valence-electron chi connectivity index (χ1n) is 12.8. The van der Waals surface area contributed by atoms with Crippen LogP contribution in [0, 0.1) is 6.92 Å². The van der Waals surface area contributed by atoms with Gasteiger partial charge in [-0.15, -0.1) is 10.2 Å². The van der Waals surface area contributed by atoms with E-state index in [2.05, 4.69) is 21.2 Å². The van der Waals surface area contributed by atoms with Crippen molar-refractivity contribution >= 4 is 46.6 Å². The third-order valence-electron chi connectivity index (χ3n) is 6.57. The molecular weight excluding hydrogens is 553 g/mol. The first-order chi connectivity index (χ1) is 18.9. The maximum Gasteiger partial charge on any atom is 0.233 e. The summed E-state index contributed by atoms with van der Waals surface area (Å²) < 4.78 is 7.72. The zero-order valence-corrected chi connectivity index (χ0v) is 24.1. The molecule has 1 amide bonds. The lowest BCUT2D eigenvalue weighted by atomic mass is 10.1. The molecule has 1 aliphatic heterocycles. The van der Waals surface area contributed by atoms with Gasteiger partial charge in [0.25, 0.3) is 0 Å². The number of aromatic nitrogens is 3. The van der Waals surface area contributed by atoms with E-state index in [0.29, 0.717) is 40.7 Å². The Balaban J connectivity index is 1.30. The van der Waals surface area contributed by atoms with Gasteiger partial charge in [-0.05, 0) is 44.2 Å². The average Bonchev–Trinajstić information content (AvgIpc) is 3.38. The monoisotopic (exact) mass is 581 g/mol. The summed E-state index contributed by atoms with van der Waals surface area (Å²) in [7, 11) is 0. The SMILES string of the molecule is CCOc1ccccc1N1CCN(C(=O)CSc2nnc(-c3ccc(C)cc3)n2-c2ccc(Cl)c(Cl)c2)CC1. The van der Waals surface area contributed by atoms with E-state index >= 15 is 0 Å². The highest BCUT2D eigenvalue weighted by atomic mass is 35.5. The Bertz CT molecular complexity index is 1450. The molecule has 1 aliphatic rings. The molecule has 0 unspecified atom stereocenters. The third kappa shape index (κ3) is 6.19. The average molecular weight is 583 g/mol. The van der Waals surface area contributed by atoms with Gasteiger partial charge < -0.3 is 14.5 Å². The van der Waals surface area contributed by atoms with E-state index in [9.17, 15) is 4.79 Å². The molecule has 202 valence electrons. The lowest BCUT2D eigenvalue weighted by molar-refractivity contribution is -0.128. The highest BCUT2D eigenvalue weighted by molar-refractivity contribution is 7.99. The van der Waals surface area contributed by atoms with Crippen molar-refractivity contribution in [2.24, 2.45) is 0 Å². The molecule has 10 heteroatoms. The highest BCUT2D eigenvalue weighted by Crippen LogP contribution is 2.32. The molecule has 0 spiro atoms. The largest absolute Gasteiger partial charge is 0.492 e. The zero-order chi connectivity index (χ0) is 27.4. The summed E-state index contributed by atoms with van der Waals surface area (Å²) in [6, 6.07) is 21.6. The Hall–Kier alpha value is -3.20. The highest BCUT2D eigenvalue weighted by Gasteiger charge is 2.24. The Morgan fingerprint density at radius 1 is 0.949 bits per heavy atom. The van der Waals surface area contributed by atoms with Gasteiger partial charge in [0, 0.05) is 31.7 Å². The van der Waals surface area contributed by atoms with Crippen LogP contribution in [0.3, 0.4) is 0 Å². The van der Waals surface area contributed by atoms with E-state index in [1.54, 1.807) is 12.1 Å². The Kier molecular flexibility index (Phi) is 8.65. The van der Waals surface area contributed by atoms with Crippen molar-refractivity contribution in [1.29, 1.82) is 0 Å². The number of carbonyl (C=O) groups is 1. The summed E-state index contributed by atoms with van der Waals surface area (Å²) in [4.78, 5) is 17.4. The van der Waals surface area contributed by atoms with E-state index < -0.39 is 0 Å². The predicted molar refractivity (Wildman–Crippen MR) is 159 cm³/mol. The lowest BCUT2D eigenvalue weighted by Gasteiger charge is -2.36. The van der Waals surface area contributed by atoms with E-state index in [-0.39, 0.29) is 11.7 Å². The number of piperazine rings is 1. The minimum atomic E-state index is 0.0679. The molecule has 0 radical (unpaired) electrons. The number of ether oxygens (including phenoxy) is 1. The van der Waals surface area contributed by atoms with Gasteiger partial charge in [-0.3, -0.25) is 9.36 Å². The van der Waals surface area contributed by atoms with E-state index in [1.807, 2.05) is 71.8 Å². The van der Waals surface area contributed by atoms with Crippen molar-refractivity contribution in [3.8, 4) is 22.8 Å². The maximum absolute atomic E-state index is 13.2. The Morgan fingerprint density at radius 2 is 1.69 bits per heavy atom. The van der Waals surface area contributed by atoms with E-state index in [1.165, 1.54) is 11.8 Å². The number of para-hydroxylation sites is 2. The number of nitrogens with zero attached hydrogens (tertiary/aromatic N) is 5. The molecule has 0 bridgehead atoms. The van der Waals surface area contributed by atoms with Crippen molar-refractivity contribution in [2.75, 3.05) is 43.4 Å². The number of hydrogen-bond acceptors (Lipinski definition) is 6. The molecule has 0 N–H and O–H groups in total. The van der Waals surface area contributed by atoms with Crippen LogP contribution < -0.4 is 9.64 Å². The number of hydrogen-bond donors (Lipinski definition) is 0. The summed E-state index contributed by atoms with van der Waals surface area (Å²) in [5.74, 6) is 1.87. The van der Waals surface area contributed by atoms with Crippen LogP contribution in [-0.4, -0.2) is 64.1 Å². The van der Waals surface area contributed by atoms with Crippen molar-refractivity contribution in [3.05, 3.63) is 82.3 Å². The number of thioether (sulfide) groups is 1. The standard InChI is InChI=1S/C29H29Cl2N5O2S/c1-3-38-26-7-5-4-6-25(26)34-14-16-35(17-15-34)27(37)19-39-29-33-32-28(21-10-8-20(2)9-11-21)36(29)22-12-13-23(30)24(31)18-22/h4-13,18H,3,14-17,19H2,1-2H3. The number of amides is 1. The number of halogens is 2. The summed E-state index contributed by atoms with van der Waals surface area (Å²) in [5, 5.41) is 10.4. The van der Waals surface area contributed by atoms with Crippen molar-refractivity contribution in [1.82, 2.24) is 19.7 Å². The summed E-state index contributed by atoms with van der Waals surface area (Å²) >= 11 is 13.9. The zero-order valence-electron chi connectivity index (χ0n) is 21.8. The Morgan fingerprint density at radius 3 is 2.41 bits per heavy atom. The van der Waals surface area contributed by atoms with E-state index in [0.717, 1.165) is 41.3 Å². The van der Waals surface area contributed by atoms with Gasteiger partial charge in [-0.2, -0.15) is 0 Å². The summed E-state index contributed by atoms with van der Waals surface area (Å²) in [6.45, 7) is 7.43. The minimum absolute atomic E-state index is 0.0679. The molecule has 1 saturated heterocycles. The van der Waals surface area contributed by atoms with Crippen molar-refractivity contribution < 1.29 is 9.53 Å². The van der Waals surface area contributed by atoms with Crippen LogP contribution in [0.1, 0.15) is 12.5 Å². The van der Waals surface area contributed by atoms with Crippen LogP contribution in [0.4, 0.5) is 5.69 Å². The second-order valence-corrected chi connectivity index (χ2v) is 10.9. The molecule has 5 rings (SSSR count). The quantitative estimate of drug-likeness (QED) is 0.225. The van der Waals surface area contributed by atoms with Crippen molar-refractivity contribution in [3.63, 3.8) is 0 Å². The number of aryl methyl sites for hydroxylation is 1. The molecule has 0 atom stereocenters. The molecular formula is C29H29Cl2N5O2S. The van der Waals surface area contributed by atoms with Crippen LogP contribution in [0.5, 0.6) is 5.75 Å². The number of anilines is 1. The smallest absolute Gasteiger partial charge is 0.233 e. The fourth-order valence-electron chi connectivity index (χ4n) is 4.52.